The van der Waals surface area contributed by atoms with Crippen molar-refractivity contribution in [3.63, 3.8) is 0 Å². The van der Waals surface area contributed by atoms with Crippen LogP contribution in [0.4, 0.5) is 5.82 Å². The van der Waals surface area contributed by atoms with Gasteiger partial charge in [0.1, 0.15) is 0 Å². The van der Waals surface area contributed by atoms with Crippen LogP contribution in [-0.4, -0.2) is 26.9 Å². The first-order chi connectivity index (χ1) is 8.15. The van der Waals surface area contributed by atoms with Crippen molar-refractivity contribution in [1.82, 2.24) is 9.38 Å². The first kappa shape index (κ1) is 11.1. The summed E-state index contributed by atoms with van der Waals surface area (Å²) in [5.41, 5.74) is 0.0605. The molecule has 2 aromatic heterocycles. The van der Waals surface area contributed by atoms with Crippen molar-refractivity contribution in [3.05, 3.63) is 40.2 Å². The third kappa shape index (κ3) is 1.82. The zero-order valence-electron chi connectivity index (χ0n) is 8.99. The maximum atomic E-state index is 11.5. The molecule has 0 fully saturated rings. The molecule has 0 aromatic carbocycles. The van der Waals surface area contributed by atoms with E-state index in [1.807, 2.05) is 0 Å². The number of hydrogen-bond acceptors (Lipinski definition) is 5. The summed E-state index contributed by atoms with van der Waals surface area (Å²) >= 11 is 0. The van der Waals surface area contributed by atoms with Gasteiger partial charge >= 0.3 is 11.8 Å². The van der Waals surface area contributed by atoms with Gasteiger partial charge in [0.2, 0.25) is 11.3 Å². The normalized spacial score (nSPS) is 10.4. The highest BCUT2D eigenvalue weighted by Crippen LogP contribution is 2.21. The van der Waals surface area contributed by atoms with Crippen LogP contribution in [0.2, 0.25) is 0 Å². The predicted molar refractivity (Wildman–Crippen MR) is 57.8 cm³/mol. The van der Waals surface area contributed by atoms with Crippen LogP contribution < -0.4 is 0 Å². The lowest BCUT2D eigenvalue weighted by atomic mass is 10.4. The van der Waals surface area contributed by atoms with Gasteiger partial charge < -0.3 is 14.9 Å². The second-order valence-electron chi connectivity index (χ2n) is 3.19. The van der Waals surface area contributed by atoms with E-state index in [4.69, 9.17) is 4.74 Å². The molecule has 0 aliphatic rings. The molecule has 0 unspecified atom stereocenters. The molecule has 0 bridgehead atoms. The van der Waals surface area contributed by atoms with E-state index in [-0.39, 0.29) is 18.1 Å². The molecule has 0 spiro atoms. The summed E-state index contributed by atoms with van der Waals surface area (Å²) < 4.78 is 5.97. The molecule has 2 aromatic rings. The summed E-state index contributed by atoms with van der Waals surface area (Å²) in [6.45, 7) is 1.77. The van der Waals surface area contributed by atoms with Gasteiger partial charge in [-0.1, -0.05) is 6.07 Å². The summed E-state index contributed by atoms with van der Waals surface area (Å²) in [6.07, 6.45) is 1.48. The number of rotatable bonds is 3. The Hall–Kier alpha value is -2.44. The molecule has 0 aliphatic carbocycles. The van der Waals surface area contributed by atoms with Gasteiger partial charge in [-0.2, -0.15) is 9.38 Å². The molecule has 2 rings (SSSR count). The van der Waals surface area contributed by atoms with E-state index in [0.29, 0.717) is 5.65 Å². The Morgan fingerprint density at radius 3 is 3.00 bits per heavy atom. The molecule has 7 nitrogen and oxygen atoms in total. The first-order valence-corrected chi connectivity index (χ1v) is 4.93. The number of aromatic nitrogens is 2. The van der Waals surface area contributed by atoms with E-state index in [0.717, 1.165) is 0 Å². The second kappa shape index (κ2) is 4.20. The molecule has 0 radical (unpaired) electrons. The van der Waals surface area contributed by atoms with Gasteiger partial charge in [-0.3, -0.25) is 0 Å². The summed E-state index contributed by atoms with van der Waals surface area (Å²) in [7, 11) is 0. The molecule has 0 atom stereocenters. The molecule has 0 saturated heterocycles. The molecule has 88 valence electrons. The highest BCUT2D eigenvalue weighted by molar-refractivity contribution is 5.92. The summed E-state index contributed by atoms with van der Waals surface area (Å²) in [4.78, 5) is 25.7. The number of nitro groups is 1. The van der Waals surface area contributed by atoms with Crippen LogP contribution in [0.25, 0.3) is 5.65 Å². The summed E-state index contributed by atoms with van der Waals surface area (Å²) in [6, 6.07) is 4.88. The minimum Gasteiger partial charge on any atom is -0.461 e. The van der Waals surface area contributed by atoms with E-state index < -0.39 is 10.9 Å². The highest BCUT2D eigenvalue weighted by Gasteiger charge is 2.28. The summed E-state index contributed by atoms with van der Waals surface area (Å²) in [5.74, 6) is -1.16. The van der Waals surface area contributed by atoms with Crippen molar-refractivity contribution in [2.24, 2.45) is 0 Å². The average Bonchev–Trinajstić information content (AvgIpc) is 2.68. The lowest BCUT2D eigenvalue weighted by molar-refractivity contribution is -0.390. The van der Waals surface area contributed by atoms with Crippen molar-refractivity contribution in [3.8, 4) is 0 Å². The maximum absolute atomic E-state index is 11.5. The van der Waals surface area contributed by atoms with Crippen LogP contribution in [0.5, 0.6) is 0 Å². The molecular weight excluding hydrogens is 226 g/mol. The van der Waals surface area contributed by atoms with Gasteiger partial charge in [-0.05, 0) is 17.9 Å². The molecule has 0 amide bonds. The number of nitrogens with zero attached hydrogens (tertiary/aromatic N) is 3. The van der Waals surface area contributed by atoms with Crippen molar-refractivity contribution < 1.29 is 14.5 Å². The standard InChI is InChI=1S/C10H9N3O4/c1-2-17-10(14)8-9(13(15)16)12-6-4-3-5-7(12)11-8/h3-6H,2H2,1H3. The molecule has 0 saturated carbocycles. The third-order valence-corrected chi connectivity index (χ3v) is 2.15. The van der Waals surface area contributed by atoms with E-state index in [1.165, 1.54) is 10.6 Å². The number of fused-ring (bicyclic) bond motifs is 1. The Labute approximate surface area is 95.8 Å². The highest BCUT2D eigenvalue weighted by atomic mass is 16.6. The van der Waals surface area contributed by atoms with E-state index in [1.54, 1.807) is 25.1 Å². The smallest absolute Gasteiger partial charge is 0.365 e. The predicted octanol–water partition coefficient (Wildman–Crippen LogP) is 1.42. The van der Waals surface area contributed by atoms with Crippen LogP contribution in [0.15, 0.2) is 24.4 Å². The fourth-order valence-electron chi connectivity index (χ4n) is 1.49. The van der Waals surface area contributed by atoms with Gasteiger partial charge in [-0.15, -0.1) is 0 Å². The minimum atomic E-state index is -0.789. The Bertz CT molecular complexity index is 590. The maximum Gasteiger partial charge on any atom is 0.365 e. The largest absolute Gasteiger partial charge is 0.461 e. The quantitative estimate of drug-likeness (QED) is 0.456. The monoisotopic (exact) mass is 235 g/mol. The van der Waals surface area contributed by atoms with Gasteiger partial charge in [0.05, 0.1) is 12.8 Å². The van der Waals surface area contributed by atoms with Crippen molar-refractivity contribution in [2.45, 2.75) is 6.92 Å². The van der Waals surface area contributed by atoms with Crippen LogP contribution in [0.3, 0.4) is 0 Å². The third-order valence-electron chi connectivity index (χ3n) is 2.15. The Morgan fingerprint density at radius 1 is 1.59 bits per heavy atom. The van der Waals surface area contributed by atoms with Gasteiger partial charge in [0.25, 0.3) is 0 Å². The summed E-state index contributed by atoms with van der Waals surface area (Å²) in [5, 5.41) is 10.9. The average molecular weight is 235 g/mol. The lowest BCUT2D eigenvalue weighted by Crippen LogP contribution is -2.08. The first-order valence-electron chi connectivity index (χ1n) is 4.93. The van der Waals surface area contributed by atoms with Crippen LogP contribution in [0.1, 0.15) is 17.4 Å². The van der Waals surface area contributed by atoms with E-state index in [2.05, 4.69) is 4.98 Å². The van der Waals surface area contributed by atoms with Crippen molar-refractivity contribution in [2.75, 3.05) is 6.61 Å². The molecule has 0 aliphatic heterocycles. The van der Waals surface area contributed by atoms with Gasteiger partial charge in [0, 0.05) is 6.07 Å². The molecule has 7 heteroatoms. The molecule has 2 heterocycles. The molecule has 0 N–H and O–H groups in total. The zero-order valence-corrected chi connectivity index (χ0v) is 8.99. The Kier molecular flexibility index (Phi) is 2.73. The zero-order chi connectivity index (χ0) is 12.4. The Morgan fingerprint density at radius 2 is 2.35 bits per heavy atom. The van der Waals surface area contributed by atoms with E-state index >= 15 is 0 Å². The van der Waals surface area contributed by atoms with Crippen LogP contribution in [-0.2, 0) is 4.74 Å². The topological polar surface area (TPSA) is 86.7 Å². The van der Waals surface area contributed by atoms with Crippen LogP contribution in [0, 0.1) is 10.1 Å². The van der Waals surface area contributed by atoms with Crippen molar-refractivity contribution in [1.29, 1.82) is 0 Å². The lowest BCUT2D eigenvalue weighted by Gasteiger charge is -1.98. The Balaban J connectivity index is 2.66. The van der Waals surface area contributed by atoms with Crippen LogP contribution >= 0.6 is 0 Å². The van der Waals surface area contributed by atoms with Crippen molar-refractivity contribution >= 4 is 17.4 Å². The number of imidazole rings is 1. The van der Waals surface area contributed by atoms with Gasteiger partial charge in [-0.25, -0.2) is 4.79 Å². The number of carbonyl (C=O) groups excluding carboxylic acids is 1. The minimum absolute atomic E-state index is 0.143. The number of ether oxygens (including phenoxy) is 1. The molecular formula is C10H9N3O4. The number of hydrogen-bond donors (Lipinski definition) is 0. The van der Waals surface area contributed by atoms with Gasteiger partial charge in [0.15, 0.2) is 0 Å². The SMILES string of the molecule is CCOC(=O)c1nc2ccccn2c1[N+](=O)[O-]. The number of carbonyl (C=O) groups is 1. The fraction of sp³-hybridized carbons (Fsp3) is 0.200. The van der Waals surface area contributed by atoms with E-state index in [9.17, 15) is 14.9 Å². The fourth-order valence-corrected chi connectivity index (χ4v) is 1.49. The second-order valence-corrected chi connectivity index (χ2v) is 3.19. The molecule has 17 heavy (non-hydrogen) atoms. The number of pyridine rings is 1. The number of esters is 1.